The minimum atomic E-state index is -0.418. The van der Waals surface area contributed by atoms with E-state index in [0.717, 1.165) is 12.8 Å². The third-order valence-electron chi connectivity index (χ3n) is 2.08. The summed E-state index contributed by atoms with van der Waals surface area (Å²) >= 11 is 0. The van der Waals surface area contributed by atoms with Crippen molar-refractivity contribution in [2.75, 3.05) is 13.2 Å². The van der Waals surface area contributed by atoms with Crippen LogP contribution in [-0.2, 0) is 19.1 Å². The van der Waals surface area contributed by atoms with E-state index in [4.69, 9.17) is 4.74 Å². The summed E-state index contributed by atoms with van der Waals surface area (Å²) in [6, 6.07) is 0. The van der Waals surface area contributed by atoms with E-state index < -0.39 is 5.97 Å². The molecule has 1 aliphatic carbocycles. The van der Waals surface area contributed by atoms with Crippen molar-refractivity contribution in [3.63, 3.8) is 0 Å². The summed E-state index contributed by atoms with van der Waals surface area (Å²) in [6.45, 7) is 0.799. The molecule has 12 heavy (non-hydrogen) atoms. The molecule has 2 fully saturated rings. The lowest BCUT2D eigenvalue weighted by Gasteiger charge is -2.23. The summed E-state index contributed by atoms with van der Waals surface area (Å²) in [5.41, 5.74) is 0. The van der Waals surface area contributed by atoms with Gasteiger partial charge in [0.25, 0.3) is 0 Å². The summed E-state index contributed by atoms with van der Waals surface area (Å²) in [5, 5.41) is 0. The fraction of sp³-hybridized carbons (Fsp3) is 0.750. The molecule has 66 valence electrons. The molecule has 2 aliphatic rings. The molecule has 1 heterocycles. The van der Waals surface area contributed by atoms with E-state index in [9.17, 15) is 9.59 Å². The molecule has 0 bridgehead atoms. The number of carbonyl (C=O) groups is 2. The first-order chi connectivity index (χ1) is 5.77. The van der Waals surface area contributed by atoms with Crippen molar-refractivity contribution in [3.8, 4) is 0 Å². The molecular weight excluding hydrogens is 160 g/mol. The largest absolute Gasteiger partial charge is 0.393 e. The molecule has 4 heteroatoms. The Labute approximate surface area is 69.8 Å². The third kappa shape index (κ3) is 1.48. The average Bonchev–Trinajstić information content (AvgIpc) is 2.61. The van der Waals surface area contributed by atoms with Gasteiger partial charge in [0, 0.05) is 0 Å². The summed E-state index contributed by atoms with van der Waals surface area (Å²) in [4.78, 5) is 22.0. The van der Waals surface area contributed by atoms with Crippen molar-refractivity contribution in [1.82, 2.24) is 0 Å². The highest BCUT2D eigenvalue weighted by molar-refractivity contribution is 5.89. The zero-order chi connectivity index (χ0) is 8.55. The Morgan fingerprint density at radius 3 is 2.08 bits per heavy atom. The molecule has 0 unspecified atom stereocenters. The Hall–Kier alpha value is -0.900. The molecule has 2 rings (SSSR count). The highest BCUT2D eigenvalue weighted by atomic mass is 16.6. The maximum atomic E-state index is 11.0. The van der Waals surface area contributed by atoms with Gasteiger partial charge in [-0.15, -0.1) is 0 Å². The summed E-state index contributed by atoms with van der Waals surface area (Å²) in [6.07, 6.45) is 1.74. The second kappa shape index (κ2) is 2.86. The summed E-state index contributed by atoms with van der Waals surface area (Å²) in [5.74, 6) is -0.979. The van der Waals surface area contributed by atoms with Gasteiger partial charge in [-0.1, -0.05) is 0 Å². The van der Waals surface area contributed by atoms with Crippen molar-refractivity contribution in [1.29, 1.82) is 0 Å². The second-order valence-electron chi connectivity index (χ2n) is 3.25. The Bertz CT molecular complexity index is 215. The monoisotopic (exact) mass is 170 g/mol. The molecular formula is C8H10O4. The number of carbonyl (C=O) groups excluding carboxylic acids is 2. The molecule has 0 radical (unpaired) electrons. The summed E-state index contributed by atoms with van der Waals surface area (Å²) < 4.78 is 9.42. The quantitative estimate of drug-likeness (QED) is 0.436. The highest BCUT2D eigenvalue weighted by Crippen LogP contribution is 2.30. The maximum Gasteiger partial charge on any atom is 0.321 e. The first-order valence-electron chi connectivity index (χ1n) is 4.10. The first-order valence-corrected chi connectivity index (χ1v) is 4.10. The van der Waals surface area contributed by atoms with Crippen LogP contribution in [0.5, 0.6) is 0 Å². The van der Waals surface area contributed by atoms with Crippen LogP contribution in [-0.4, -0.2) is 25.2 Å². The standard InChI is InChI=1S/C8H10O4/c9-7(5-1-2-5)12-8(10)6-3-11-4-6/h5-6H,1-4H2. The molecule has 0 aromatic rings. The molecule has 0 aromatic carbocycles. The van der Waals surface area contributed by atoms with Crippen LogP contribution in [0.2, 0.25) is 0 Å². The van der Waals surface area contributed by atoms with Gasteiger partial charge in [-0.25, -0.2) is 0 Å². The fourth-order valence-corrected chi connectivity index (χ4v) is 0.957. The van der Waals surface area contributed by atoms with Crippen LogP contribution < -0.4 is 0 Å². The molecule has 1 saturated carbocycles. The molecule has 4 nitrogen and oxygen atoms in total. The zero-order valence-corrected chi connectivity index (χ0v) is 6.62. The van der Waals surface area contributed by atoms with Gasteiger partial charge >= 0.3 is 11.9 Å². The molecule has 1 saturated heterocycles. The van der Waals surface area contributed by atoms with Crippen LogP contribution in [0.1, 0.15) is 12.8 Å². The lowest BCUT2D eigenvalue weighted by Crippen LogP contribution is -2.37. The van der Waals surface area contributed by atoms with E-state index in [2.05, 4.69) is 4.74 Å². The Morgan fingerprint density at radius 2 is 1.67 bits per heavy atom. The topological polar surface area (TPSA) is 52.6 Å². The lowest BCUT2D eigenvalue weighted by atomic mass is 10.1. The van der Waals surface area contributed by atoms with Crippen LogP contribution >= 0.6 is 0 Å². The molecule has 0 atom stereocenters. The van der Waals surface area contributed by atoms with Gasteiger partial charge in [0.1, 0.15) is 5.92 Å². The number of ether oxygens (including phenoxy) is 2. The van der Waals surface area contributed by atoms with Crippen molar-refractivity contribution in [2.24, 2.45) is 11.8 Å². The van der Waals surface area contributed by atoms with Crippen molar-refractivity contribution in [3.05, 3.63) is 0 Å². The van der Waals surface area contributed by atoms with Gasteiger partial charge in [-0.05, 0) is 12.8 Å². The van der Waals surface area contributed by atoms with Crippen LogP contribution in [0.25, 0.3) is 0 Å². The number of rotatable bonds is 2. The number of hydrogen-bond acceptors (Lipinski definition) is 4. The van der Waals surface area contributed by atoms with Gasteiger partial charge in [-0.3, -0.25) is 9.59 Å². The van der Waals surface area contributed by atoms with E-state index >= 15 is 0 Å². The highest BCUT2D eigenvalue weighted by Gasteiger charge is 2.36. The predicted molar refractivity (Wildman–Crippen MR) is 38.1 cm³/mol. The third-order valence-corrected chi connectivity index (χ3v) is 2.08. The smallest absolute Gasteiger partial charge is 0.321 e. The summed E-state index contributed by atoms with van der Waals surface area (Å²) in [7, 11) is 0. The van der Waals surface area contributed by atoms with E-state index in [1.807, 2.05) is 0 Å². The minimum absolute atomic E-state index is 0.00468. The van der Waals surface area contributed by atoms with E-state index in [1.54, 1.807) is 0 Å². The molecule has 0 spiro atoms. The predicted octanol–water partition coefficient (Wildman–Crippen LogP) is 0.113. The minimum Gasteiger partial charge on any atom is -0.393 e. The van der Waals surface area contributed by atoms with Crippen LogP contribution in [0.15, 0.2) is 0 Å². The van der Waals surface area contributed by atoms with Crippen LogP contribution in [0, 0.1) is 11.8 Å². The normalized spacial score (nSPS) is 23.0. The number of hydrogen-bond donors (Lipinski definition) is 0. The lowest BCUT2D eigenvalue weighted by molar-refractivity contribution is -0.172. The van der Waals surface area contributed by atoms with Crippen molar-refractivity contribution < 1.29 is 19.1 Å². The molecule has 1 aliphatic heterocycles. The maximum absolute atomic E-state index is 11.0. The van der Waals surface area contributed by atoms with Gasteiger partial charge in [0.2, 0.25) is 0 Å². The van der Waals surface area contributed by atoms with Crippen LogP contribution in [0.3, 0.4) is 0 Å². The molecule has 0 N–H and O–H groups in total. The van der Waals surface area contributed by atoms with Crippen LogP contribution in [0.4, 0.5) is 0 Å². The fourth-order valence-electron chi connectivity index (χ4n) is 0.957. The first kappa shape index (κ1) is 7.73. The Kier molecular flexibility index (Phi) is 1.84. The van der Waals surface area contributed by atoms with Gasteiger partial charge in [0.15, 0.2) is 0 Å². The SMILES string of the molecule is O=C(OC(=O)C1COC1)C1CC1. The second-order valence-corrected chi connectivity index (χ2v) is 3.25. The molecule has 0 amide bonds. The Morgan fingerprint density at radius 1 is 1.08 bits per heavy atom. The van der Waals surface area contributed by atoms with E-state index in [0.29, 0.717) is 13.2 Å². The van der Waals surface area contributed by atoms with Crippen molar-refractivity contribution >= 4 is 11.9 Å². The van der Waals surface area contributed by atoms with E-state index in [1.165, 1.54) is 0 Å². The zero-order valence-electron chi connectivity index (χ0n) is 6.62. The van der Waals surface area contributed by atoms with Crippen molar-refractivity contribution in [2.45, 2.75) is 12.8 Å². The van der Waals surface area contributed by atoms with E-state index in [-0.39, 0.29) is 17.8 Å². The van der Waals surface area contributed by atoms with Gasteiger partial charge in [0.05, 0.1) is 19.1 Å². The number of esters is 2. The molecule has 0 aromatic heterocycles. The Balaban J connectivity index is 1.76. The average molecular weight is 170 g/mol. The van der Waals surface area contributed by atoms with Gasteiger partial charge in [-0.2, -0.15) is 0 Å². The van der Waals surface area contributed by atoms with Gasteiger partial charge < -0.3 is 9.47 Å².